The topological polar surface area (TPSA) is 127 Å². The van der Waals surface area contributed by atoms with E-state index in [9.17, 15) is 14.9 Å². The Labute approximate surface area is 155 Å². The van der Waals surface area contributed by atoms with Gasteiger partial charge in [0.05, 0.1) is 24.3 Å². The number of carbonyl (C=O) groups excluding carboxylic acids is 1. The number of methoxy groups -OCH3 is 1. The third-order valence-electron chi connectivity index (χ3n) is 3.37. The number of benzene rings is 2. The Kier molecular flexibility index (Phi) is 6.84. The number of nitriles is 1. The Morgan fingerprint density at radius 1 is 1.30 bits per heavy atom. The minimum Gasteiger partial charge on any atom is -0.493 e. The molecule has 0 bridgehead atoms. The van der Waals surface area contributed by atoms with E-state index in [1.165, 1.54) is 25.5 Å². The average molecular weight is 368 g/mol. The van der Waals surface area contributed by atoms with Gasteiger partial charge in [-0.05, 0) is 41.5 Å². The maximum absolute atomic E-state index is 11.2. The fourth-order valence-electron chi connectivity index (χ4n) is 2.05. The molecule has 1 amide bonds. The highest BCUT2D eigenvalue weighted by molar-refractivity contribution is 5.83. The molecule has 0 atom stereocenters. The quantitative estimate of drug-likeness (QED) is 0.433. The first-order chi connectivity index (χ1) is 13.0. The minimum absolute atomic E-state index is 0.0156. The number of hydrazone groups is 1. The number of non-ortho nitro benzene ring substituents is 1. The van der Waals surface area contributed by atoms with Crippen molar-refractivity contribution < 1.29 is 19.2 Å². The molecule has 0 aromatic heterocycles. The van der Waals surface area contributed by atoms with Crippen molar-refractivity contribution in [1.82, 2.24) is 5.43 Å². The largest absolute Gasteiger partial charge is 0.493 e. The second-order valence-electron chi connectivity index (χ2n) is 5.25. The van der Waals surface area contributed by atoms with E-state index in [1.54, 1.807) is 36.4 Å². The summed E-state index contributed by atoms with van der Waals surface area (Å²) in [6.45, 7) is 0.214. The highest BCUT2D eigenvalue weighted by Crippen LogP contribution is 2.28. The van der Waals surface area contributed by atoms with Crippen LogP contribution in [0, 0.1) is 21.4 Å². The van der Waals surface area contributed by atoms with Gasteiger partial charge in [-0.1, -0.05) is 0 Å². The number of hydrogen-bond donors (Lipinski definition) is 1. The normalized spacial score (nSPS) is 10.2. The maximum atomic E-state index is 11.2. The van der Waals surface area contributed by atoms with Crippen LogP contribution in [0.15, 0.2) is 47.6 Å². The summed E-state index contributed by atoms with van der Waals surface area (Å²) in [6.07, 6.45) is 1.15. The van der Waals surface area contributed by atoms with Gasteiger partial charge in [0.1, 0.15) is 13.0 Å². The fourth-order valence-corrected chi connectivity index (χ4v) is 2.05. The SMILES string of the molecule is COc1cc(/C=N\NC(=O)CC#N)ccc1OCc1ccc([N+](=O)[O-])cc1. The monoisotopic (exact) mass is 368 g/mol. The van der Waals surface area contributed by atoms with Crippen molar-refractivity contribution in [3.05, 3.63) is 63.7 Å². The molecular weight excluding hydrogens is 352 g/mol. The number of nitrogens with zero attached hydrogens (tertiary/aromatic N) is 3. The zero-order valence-electron chi connectivity index (χ0n) is 14.4. The number of nitro groups is 1. The lowest BCUT2D eigenvalue weighted by molar-refractivity contribution is -0.384. The van der Waals surface area contributed by atoms with Crippen LogP contribution in [0.1, 0.15) is 17.5 Å². The molecule has 0 unspecified atom stereocenters. The number of ether oxygens (including phenoxy) is 2. The summed E-state index contributed by atoms with van der Waals surface area (Å²) in [4.78, 5) is 21.4. The highest BCUT2D eigenvalue weighted by Gasteiger charge is 2.08. The van der Waals surface area contributed by atoms with Crippen molar-refractivity contribution in [3.8, 4) is 17.6 Å². The van der Waals surface area contributed by atoms with Crippen LogP contribution in [0.4, 0.5) is 5.69 Å². The molecule has 2 rings (SSSR count). The molecule has 0 radical (unpaired) electrons. The van der Waals surface area contributed by atoms with Gasteiger partial charge < -0.3 is 9.47 Å². The van der Waals surface area contributed by atoms with Crippen LogP contribution in [0.5, 0.6) is 11.5 Å². The Morgan fingerprint density at radius 2 is 2.04 bits per heavy atom. The van der Waals surface area contributed by atoms with Crippen molar-refractivity contribution in [2.75, 3.05) is 7.11 Å². The van der Waals surface area contributed by atoms with Gasteiger partial charge in [0.2, 0.25) is 0 Å². The first kappa shape index (κ1) is 19.4. The maximum Gasteiger partial charge on any atom is 0.269 e. The van der Waals surface area contributed by atoms with Gasteiger partial charge in [-0.3, -0.25) is 14.9 Å². The van der Waals surface area contributed by atoms with Crippen LogP contribution in [-0.4, -0.2) is 24.2 Å². The molecule has 0 saturated heterocycles. The molecule has 2 aromatic rings. The summed E-state index contributed by atoms with van der Waals surface area (Å²) in [6, 6.07) is 12.9. The molecule has 138 valence electrons. The number of amides is 1. The summed E-state index contributed by atoms with van der Waals surface area (Å²) in [7, 11) is 1.49. The molecule has 9 nitrogen and oxygen atoms in total. The Hall–Kier alpha value is -3.93. The summed E-state index contributed by atoms with van der Waals surface area (Å²) in [5.41, 5.74) is 3.68. The van der Waals surface area contributed by atoms with E-state index in [0.717, 1.165) is 5.56 Å². The van der Waals surface area contributed by atoms with E-state index in [1.807, 2.05) is 0 Å². The van der Waals surface area contributed by atoms with Crippen LogP contribution in [0.25, 0.3) is 0 Å². The summed E-state index contributed by atoms with van der Waals surface area (Å²) in [5, 5.41) is 22.8. The number of hydrogen-bond acceptors (Lipinski definition) is 7. The van der Waals surface area contributed by atoms with Crippen LogP contribution in [-0.2, 0) is 11.4 Å². The summed E-state index contributed by atoms with van der Waals surface area (Å²) in [5.74, 6) is 0.453. The lowest BCUT2D eigenvalue weighted by Gasteiger charge is -2.11. The molecule has 0 saturated carbocycles. The number of nitrogens with one attached hydrogen (secondary N) is 1. The Morgan fingerprint density at radius 3 is 2.67 bits per heavy atom. The van der Waals surface area contributed by atoms with Gasteiger partial charge >= 0.3 is 0 Å². The van der Waals surface area contributed by atoms with Crippen LogP contribution in [0.2, 0.25) is 0 Å². The molecule has 9 heteroatoms. The van der Waals surface area contributed by atoms with Crippen molar-refractivity contribution in [2.45, 2.75) is 13.0 Å². The zero-order chi connectivity index (χ0) is 19.6. The number of rotatable bonds is 8. The second-order valence-corrected chi connectivity index (χ2v) is 5.25. The number of carbonyl (C=O) groups is 1. The van der Waals surface area contributed by atoms with Gasteiger partial charge in [0, 0.05) is 12.1 Å². The first-order valence-corrected chi connectivity index (χ1v) is 7.76. The van der Waals surface area contributed by atoms with Crippen molar-refractivity contribution in [1.29, 1.82) is 5.26 Å². The summed E-state index contributed by atoms with van der Waals surface area (Å²) < 4.78 is 11.0. The molecule has 0 aliphatic heterocycles. The molecule has 0 aliphatic carbocycles. The van der Waals surface area contributed by atoms with Crippen LogP contribution < -0.4 is 14.9 Å². The van der Waals surface area contributed by atoms with Gasteiger partial charge in [-0.25, -0.2) is 5.43 Å². The molecule has 0 aliphatic rings. The predicted molar refractivity (Wildman–Crippen MR) is 96.4 cm³/mol. The molecule has 0 spiro atoms. The van der Waals surface area contributed by atoms with Gasteiger partial charge in [-0.2, -0.15) is 10.4 Å². The average Bonchev–Trinajstić information content (AvgIpc) is 2.67. The van der Waals surface area contributed by atoms with Gasteiger partial charge in [0.15, 0.2) is 11.5 Å². The third kappa shape index (κ3) is 5.82. The van der Waals surface area contributed by atoms with E-state index in [0.29, 0.717) is 17.1 Å². The second kappa shape index (κ2) is 9.53. The van der Waals surface area contributed by atoms with Crippen molar-refractivity contribution in [3.63, 3.8) is 0 Å². The highest BCUT2D eigenvalue weighted by atomic mass is 16.6. The molecule has 0 fully saturated rings. The van der Waals surface area contributed by atoms with Crippen LogP contribution >= 0.6 is 0 Å². The van der Waals surface area contributed by atoms with Crippen molar-refractivity contribution in [2.24, 2.45) is 5.10 Å². The number of nitro benzene ring substituents is 1. The van der Waals surface area contributed by atoms with E-state index in [-0.39, 0.29) is 18.7 Å². The molecule has 1 N–H and O–H groups in total. The third-order valence-corrected chi connectivity index (χ3v) is 3.37. The van der Waals surface area contributed by atoms with E-state index in [4.69, 9.17) is 14.7 Å². The van der Waals surface area contributed by atoms with E-state index >= 15 is 0 Å². The molecular formula is C18H16N4O5. The smallest absolute Gasteiger partial charge is 0.269 e. The molecule has 0 heterocycles. The molecule has 2 aromatic carbocycles. The Bertz CT molecular complexity index is 888. The predicted octanol–water partition coefficient (Wildman–Crippen LogP) is 2.55. The first-order valence-electron chi connectivity index (χ1n) is 7.76. The van der Waals surface area contributed by atoms with Gasteiger partial charge in [0.25, 0.3) is 11.6 Å². The lowest BCUT2D eigenvalue weighted by Crippen LogP contribution is -2.16. The van der Waals surface area contributed by atoms with E-state index < -0.39 is 10.8 Å². The van der Waals surface area contributed by atoms with E-state index in [2.05, 4.69) is 10.5 Å². The fraction of sp³-hybridized carbons (Fsp3) is 0.167. The summed E-state index contributed by atoms with van der Waals surface area (Å²) >= 11 is 0. The zero-order valence-corrected chi connectivity index (χ0v) is 14.4. The van der Waals surface area contributed by atoms with Gasteiger partial charge in [-0.15, -0.1) is 0 Å². The standard InChI is InChI=1S/C18H16N4O5/c1-26-17-10-14(11-20-21-18(23)8-9-19)4-7-16(17)27-12-13-2-5-15(6-3-13)22(24)25/h2-7,10-11H,8,12H2,1H3,(H,21,23)/b20-11-. The Balaban J connectivity index is 2.01. The lowest BCUT2D eigenvalue weighted by atomic mass is 10.2. The molecule has 27 heavy (non-hydrogen) atoms. The van der Waals surface area contributed by atoms with Crippen LogP contribution in [0.3, 0.4) is 0 Å². The minimum atomic E-state index is -0.497. The van der Waals surface area contributed by atoms with Crippen molar-refractivity contribution >= 4 is 17.8 Å².